The number of ether oxygens (including phenoxy) is 3. The maximum absolute atomic E-state index is 13.4. The number of thiocarbonyl (C=S) groups is 1. The molecule has 0 saturated carbocycles. The van der Waals surface area contributed by atoms with Crippen molar-refractivity contribution in [1.82, 2.24) is 5.32 Å². The smallest absolute Gasteiger partial charge is 0.373 e. The minimum atomic E-state index is -0.584. The summed E-state index contributed by atoms with van der Waals surface area (Å²) >= 11 is 5.31. The second kappa shape index (κ2) is 11.1. The number of amides is 2. The topological polar surface area (TPSA) is 107 Å². The van der Waals surface area contributed by atoms with Crippen molar-refractivity contribution in [2.75, 3.05) is 19.1 Å². The molecule has 2 amide bonds. The second-order valence-corrected chi connectivity index (χ2v) is 8.28. The van der Waals surface area contributed by atoms with Crippen molar-refractivity contribution in [1.29, 1.82) is 0 Å². The summed E-state index contributed by atoms with van der Waals surface area (Å²) in [5, 5.41) is 2.63. The number of anilines is 1. The lowest BCUT2D eigenvalue weighted by atomic mass is 10.0. The summed E-state index contributed by atoms with van der Waals surface area (Å²) in [5.41, 5.74) is 2.03. The van der Waals surface area contributed by atoms with Crippen LogP contribution in [-0.2, 0) is 27.4 Å². The lowest BCUT2D eigenvalue weighted by Crippen LogP contribution is -2.54. The van der Waals surface area contributed by atoms with Crippen molar-refractivity contribution in [3.05, 3.63) is 82.8 Å². The van der Waals surface area contributed by atoms with Crippen LogP contribution in [0.4, 0.5) is 5.69 Å². The Morgan fingerprint density at radius 2 is 1.86 bits per heavy atom. The van der Waals surface area contributed by atoms with Crippen LogP contribution >= 0.6 is 12.2 Å². The van der Waals surface area contributed by atoms with E-state index in [1.807, 2.05) is 25.1 Å². The molecule has 1 aliphatic rings. The summed E-state index contributed by atoms with van der Waals surface area (Å²) in [4.78, 5) is 39.0. The number of hydrogen-bond donors (Lipinski definition) is 1. The van der Waals surface area contributed by atoms with Gasteiger partial charge in [0.1, 0.15) is 17.9 Å². The number of hydrogen-bond acceptors (Lipinski definition) is 8. The Kier molecular flexibility index (Phi) is 7.69. The Labute approximate surface area is 218 Å². The maximum atomic E-state index is 13.4. The molecule has 9 nitrogen and oxygen atoms in total. The molecule has 1 saturated heterocycles. The number of methoxy groups -OCH3 is 2. The Morgan fingerprint density at radius 1 is 1.08 bits per heavy atom. The normalized spacial score (nSPS) is 14.5. The first-order chi connectivity index (χ1) is 17.9. The Hall–Kier alpha value is -4.44. The van der Waals surface area contributed by atoms with Crippen molar-refractivity contribution in [2.45, 2.75) is 20.0 Å². The molecule has 0 atom stereocenters. The van der Waals surface area contributed by atoms with Gasteiger partial charge >= 0.3 is 5.97 Å². The van der Waals surface area contributed by atoms with Gasteiger partial charge in [0.2, 0.25) is 5.76 Å². The highest BCUT2D eigenvalue weighted by Crippen LogP contribution is 2.31. The Morgan fingerprint density at radius 3 is 2.59 bits per heavy atom. The number of aryl methyl sites for hydroxylation is 1. The third-order valence-electron chi connectivity index (χ3n) is 5.63. The zero-order chi connectivity index (χ0) is 26.5. The number of esters is 1. The molecular weight excluding hydrogens is 496 g/mol. The molecule has 0 radical (unpaired) electrons. The fourth-order valence-corrected chi connectivity index (χ4v) is 4.05. The molecule has 1 fully saturated rings. The molecule has 2 aromatic carbocycles. The summed E-state index contributed by atoms with van der Waals surface area (Å²) in [6, 6.07) is 15.5. The van der Waals surface area contributed by atoms with E-state index in [4.69, 9.17) is 26.1 Å². The highest BCUT2D eigenvalue weighted by molar-refractivity contribution is 7.80. The van der Waals surface area contributed by atoms with Crippen molar-refractivity contribution in [3.63, 3.8) is 0 Å². The number of para-hydroxylation sites is 1. The van der Waals surface area contributed by atoms with Gasteiger partial charge in [-0.2, -0.15) is 0 Å². The number of carbonyl (C=O) groups is 3. The van der Waals surface area contributed by atoms with Crippen LogP contribution in [0.1, 0.15) is 34.4 Å². The van der Waals surface area contributed by atoms with Gasteiger partial charge in [-0.15, -0.1) is 0 Å². The van der Waals surface area contributed by atoms with E-state index in [2.05, 4.69) is 10.1 Å². The number of furan rings is 1. The molecule has 1 N–H and O–H groups in total. The number of benzene rings is 2. The molecule has 2 heterocycles. The molecule has 1 aromatic heterocycles. The van der Waals surface area contributed by atoms with Gasteiger partial charge in [-0.3, -0.25) is 19.8 Å². The Bertz CT molecular complexity index is 1410. The van der Waals surface area contributed by atoms with E-state index in [0.717, 1.165) is 5.56 Å². The molecule has 10 heteroatoms. The van der Waals surface area contributed by atoms with Crippen LogP contribution in [0.2, 0.25) is 0 Å². The third kappa shape index (κ3) is 5.39. The molecule has 1 aliphatic heterocycles. The van der Waals surface area contributed by atoms with Crippen LogP contribution in [-0.4, -0.2) is 37.1 Å². The van der Waals surface area contributed by atoms with Crippen LogP contribution < -0.4 is 19.7 Å². The zero-order valence-corrected chi connectivity index (χ0v) is 21.2. The number of carbonyl (C=O) groups excluding carboxylic acids is 3. The SMILES string of the molecule is CCc1ccccc1N1C(=O)C(=Cc2ccc(OCc3ccc(C(=O)OC)o3)c(OC)c2)C(=O)NC1=S. The summed E-state index contributed by atoms with van der Waals surface area (Å²) in [6.45, 7) is 2.02. The van der Waals surface area contributed by atoms with Gasteiger partial charge < -0.3 is 18.6 Å². The van der Waals surface area contributed by atoms with E-state index < -0.39 is 17.8 Å². The molecule has 0 bridgehead atoms. The van der Waals surface area contributed by atoms with Crippen LogP contribution in [0.15, 0.2) is 64.6 Å². The molecular formula is C27H24N2O7S. The predicted molar refractivity (Wildman–Crippen MR) is 139 cm³/mol. The van der Waals surface area contributed by atoms with Crippen LogP contribution in [0.5, 0.6) is 11.5 Å². The summed E-state index contributed by atoms with van der Waals surface area (Å²) in [6.07, 6.45) is 2.17. The maximum Gasteiger partial charge on any atom is 0.373 e. The lowest BCUT2D eigenvalue weighted by molar-refractivity contribution is -0.122. The first-order valence-corrected chi connectivity index (χ1v) is 11.7. The summed E-state index contributed by atoms with van der Waals surface area (Å²) in [7, 11) is 2.74. The van der Waals surface area contributed by atoms with E-state index in [9.17, 15) is 14.4 Å². The second-order valence-electron chi connectivity index (χ2n) is 7.90. The highest BCUT2D eigenvalue weighted by atomic mass is 32.1. The minimum absolute atomic E-state index is 0.0302. The molecule has 0 unspecified atom stereocenters. The van der Waals surface area contributed by atoms with Gasteiger partial charge in [0, 0.05) is 0 Å². The number of rotatable bonds is 8. The van der Waals surface area contributed by atoms with E-state index in [1.54, 1.807) is 30.3 Å². The van der Waals surface area contributed by atoms with Gasteiger partial charge in [0.15, 0.2) is 16.6 Å². The quantitative estimate of drug-likeness (QED) is 0.205. The van der Waals surface area contributed by atoms with Crippen LogP contribution in [0.25, 0.3) is 6.08 Å². The van der Waals surface area contributed by atoms with E-state index in [1.165, 1.54) is 31.3 Å². The van der Waals surface area contributed by atoms with Crippen molar-refractivity contribution in [3.8, 4) is 11.5 Å². The highest BCUT2D eigenvalue weighted by Gasteiger charge is 2.35. The van der Waals surface area contributed by atoms with Crippen LogP contribution in [0, 0.1) is 0 Å². The van der Waals surface area contributed by atoms with Gasteiger partial charge in [0.25, 0.3) is 11.8 Å². The fourth-order valence-electron chi connectivity index (χ4n) is 3.78. The molecule has 3 aromatic rings. The summed E-state index contributed by atoms with van der Waals surface area (Å²) < 4.78 is 21.3. The van der Waals surface area contributed by atoms with Crippen molar-refractivity contribution in [2.24, 2.45) is 0 Å². The lowest BCUT2D eigenvalue weighted by Gasteiger charge is -2.30. The molecule has 0 aliphatic carbocycles. The monoisotopic (exact) mass is 520 g/mol. The number of nitrogens with zero attached hydrogens (tertiary/aromatic N) is 1. The molecule has 190 valence electrons. The van der Waals surface area contributed by atoms with Gasteiger partial charge in [0.05, 0.1) is 19.9 Å². The van der Waals surface area contributed by atoms with Gasteiger partial charge in [-0.05, 0) is 66.2 Å². The fraction of sp³-hybridized carbons (Fsp3) is 0.185. The van der Waals surface area contributed by atoms with Gasteiger partial charge in [-0.1, -0.05) is 31.2 Å². The van der Waals surface area contributed by atoms with E-state index in [-0.39, 0.29) is 23.1 Å². The first kappa shape index (κ1) is 25.6. The number of nitrogens with one attached hydrogen (secondary N) is 1. The van der Waals surface area contributed by atoms with Gasteiger partial charge in [-0.25, -0.2) is 4.79 Å². The van der Waals surface area contributed by atoms with E-state index >= 15 is 0 Å². The largest absolute Gasteiger partial charge is 0.493 e. The average molecular weight is 521 g/mol. The standard InChI is InChI=1S/C27H24N2O7S/c1-4-17-7-5-6-8-20(17)29-25(31)19(24(30)28-27(29)37)13-16-9-11-21(23(14-16)33-2)35-15-18-10-12-22(36-18)26(32)34-3/h5-14H,4,15H2,1-3H3,(H,28,30,37). The molecule has 0 spiro atoms. The average Bonchev–Trinajstić information content (AvgIpc) is 3.39. The molecule has 37 heavy (non-hydrogen) atoms. The Balaban J connectivity index is 1.57. The van der Waals surface area contributed by atoms with E-state index in [0.29, 0.717) is 34.9 Å². The van der Waals surface area contributed by atoms with Crippen molar-refractivity contribution < 1.29 is 33.0 Å². The zero-order valence-electron chi connectivity index (χ0n) is 20.4. The third-order valence-corrected chi connectivity index (χ3v) is 5.92. The minimum Gasteiger partial charge on any atom is -0.493 e. The first-order valence-electron chi connectivity index (χ1n) is 11.3. The van der Waals surface area contributed by atoms with Crippen LogP contribution in [0.3, 0.4) is 0 Å². The predicted octanol–water partition coefficient (Wildman–Crippen LogP) is 4.05. The summed E-state index contributed by atoms with van der Waals surface area (Å²) in [5.74, 6) is -0.421. The van der Waals surface area contributed by atoms with Crippen molar-refractivity contribution >= 4 is 46.9 Å². The molecule has 4 rings (SSSR count).